The average molecular weight is 458 g/mol. The molecule has 0 aliphatic carbocycles. The molecule has 0 fully saturated rings. The molecule has 6 nitrogen and oxygen atoms in total. The van der Waals surface area contributed by atoms with E-state index in [2.05, 4.69) is 5.32 Å². The zero-order valence-corrected chi connectivity index (χ0v) is 18.5. The van der Waals surface area contributed by atoms with E-state index in [0.717, 1.165) is 10.4 Å². The van der Waals surface area contributed by atoms with Gasteiger partial charge in [0.05, 0.1) is 6.61 Å². The number of fused-ring (bicyclic) bond motifs is 1. The number of aryl methyl sites for hydroxylation is 1. The number of anilines is 1. The first-order valence-electron chi connectivity index (χ1n) is 9.73. The molecule has 0 spiro atoms. The maximum Gasteiger partial charge on any atom is 0.341 e. The number of rotatable bonds is 5. The highest BCUT2D eigenvalue weighted by Gasteiger charge is 2.31. The van der Waals surface area contributed by atoms with Crippen molar-refractivity contribution >= 4 is 39.8 Å². The molecule has 1 unspecified atom stereocenters. The molecule has 1 atom stereocenters. The summed E-state index contributed by atoms with van der Waals surface area (Å²) in [6.45, 7) is 3.93. The predicted octanol–water partition coefficient (Wildman–Crippen LogP) is 5.33. The van der Waals surface area contributed by atoms with Gasteiger partial charge in [-0.1, -0.05) is 35.9 Å². The van der Waals surface area contributed by atoms with Crippen molar-refractivity contribution in [3.8, 4) is 22.6 Å². The number of benzene rings is 2. The molecule has 2 heterocycles. The molecular weight excluding hydrogens is 438 g/mol. The van der Waals surface area contributed by atoms with Gasteiger partial charge in [-0.2, -0.15) is 0 Å². The number of hydrogen-bond donors (Lipinski definition) is 1. The lowest BCUT2D eigenvalue weighted by molar-refractivity contribution is -0.125. The van der Waals surface area contributed by atoms with Gasteiger partial charge >= 0.3 is 5.97 Å². The molecule has 0 saturated heterocycles. The highest BCUT2D eigenvalue weighted by atomic mass is 35.5. The summed E-state index contributed by atoms with van der Waals surface area (Å²) in [5, 5.41) is 3.85. The predicted molar refractivity (Wildman–Crippen MR) is 120 cm³/mol. The molecule has 31 heavy (non-hydrogen) atoms. The maximum atomic E-state index is 12.9. The summed E-state index contributed by atoms with van der Waals surface area (Å²) in [7, 11) is 0. The maximum absolute atomic E-state index is 12.9. The van der Waals surface area contributed by atoms with Crippen LogP contribution in [0.15, 0.2) is 48.5 Å². The lowest BCUT2D eigenvalue weighted by Gasteiger charge is -2.25. The van der Waals surface area contributed by atoms with E-state index in [1.165, 1.54) is 11.3 Å². The van der Waals surface area contributed by atoms with E-state index >= 15 is 0 Å². The van der Waals surface area contributed by atoms with Crippen LogP contribution in [0.4, 0.5) is 5.00 Å². The lowest BCUT2D eigenvalue weighted by atomic mass is 10.0. The van der Waals surface area contributed by atoms with Crippen LogP contribution >= 0.6 is 22.9 Å². The first-order valence-corrected chi connectivity index (χ1v) is 10.9. The van der Waals surface area contributed by atoms with Gasteiger partial charge in [0.15, 0.2) is 11.5 Å². The Bertz CT molecular complexity index is 1130. The van der Waals surface area contributed by atoms with Gasteiger partial charge in [0, 0.05) is 15.5 Å². The molecule has 4 rings (SSSR count). The third-order valence-corrected chi connectivity index (χ3v) is 6.01. The minimum absolute atomic E-state index is 0.0754. The molecule has 8 heteroatoms. The Morgan fingerprint density at radius 2 is 1.87 bits per heavy atom. The standard InChI is InChI=1S/C23H20ClNO5S/c1-3-28-23(27)20-19(14-8-10-15(24)11-9-14)13(2)31-22(20)25-21(26)18-12-29-16-6-4-5-7-17(16)30-18/h4-11,18H,3,12H2,1-2H3,(H,25,26). The molecule has 3 aromatic rings. The first kappa shape index (κ1) is 21.2. The van der Waals surface area contributed by atoms with Gasteiger partial charge in [-0.15, -0.1) is 11.3 Å². The molecule has 2 aromatic carbocycles. The average Bonchev–Trinajstić information content (AvgIpc) is 3.09. The Balaban J connectivity index is 1.65. The fourth-order valence-electron chi connectivity index (χ4n) is 3.34. The SMILES string of the molecule is CCOC(=O)c1c(NC(=O)C2COc3ccccc3O2)sc(C)c1-c1ccc(Cl)cc1. The summed E-state index contributed by atoms with van der Waals surface area (Å²) in [5.41, 5.74) is 1.84. The summed E-state index contributed by atoms with van der Waals surface area (Å²) in [5.74, 6) is 0.196. The Labute approximate surface area is 188 Å². The topological polar surface area (TPSA) is 73.9 Å². The first-order chi connectivity index (χ1) is 15.0. The van der Waals surface area contributed by atoms with E-state index in [1.807, 2.05) is 31.2 Å². The molecule has 0 radical (unpaired) electrons. The Kier molecular flexibility index (Phi) is 6.15. The normalized spacial score (nSPS) is 14.7. The van der Waals surface area contributed by atoms with E-state index in [1.54, 1.807) is 31.2 Å². The van der Waals surface area contributed by atoms with Gasteiger partial charge in [-0.05, 0) is 43.7 Å². The van der Waals surface area contributed by atoms with Crippen LogP contribution in [-0.2, 0) is 9.53 Å². The van der Waals surface area contributed by atoms with Crippen molar-refractivity contribution in [3.05, 3.63) is 64.0 Å². The second-order valence-electron chi connectivity index (χ2n) is 6.82. The van der Waals surface area contributed by atoms with E-state index in [4.69, 9.17) is 25.8 Å². The Hall–Kier alpha value is -3.03. The largest absolute Gasteiger partial charge is 0.485 e. The molecule has 1 aromatic heterocycles. The van der Waals surface area contributed by atoms with Gasteiger partial charge < -0.3 is 19.5 Å². The molecule has 1 aliphatic heterocycles. The third kappa shape index (κ3) is 4.38. The second-order valence-corrected chi connectivity index (χ2v) is 8.48. The van der Waals surface area contributed by atoms with Crippen LogP contribution in [0.1, 0.15) is 22.2 Å². The molecule has 0 bridgehead atoms. The van der Waals surface area contributed by atoms with E-state index in [-0.39, 0.29) is 13.2 Å². The minimum Gasteiger partial charge on any atom is -0.485 e. The van der Waals surface area contributed by atoms with E-state index in [9.17, 15) is 9.59 Å². The monoisotopic (exact) mass is 457 g/mol. The quantitative estimate of drug-likeness (QED) is 0.524. The number of amides is 1. The number of thiophene rings is 1. The van der Waals surface area contributed by atoms with Gasteiger partial charge in [-0.3, -0.25) is 4.79 Å². The van der Waals surface area contributed by atoms with Crippen molar-refractivity contribution in [3.63, 3.8) is 0 Å². The van der Waals surface area contributed by atoms with Crippen LogP contribution < -0.4 is 14.8 Å². The van der Waals surface area contributed by atoms with Crippen molar-refractivity contribution in [2.75, 3.05) is 18.5 Å². The second kappa shape index (κ2) is 8.99. The summed E-state index contributed by atoms with van der Waals surface area (Å²) in [4.78, 5) is 26.6. The summed E-state index contributed by atoms with van der Waals surface area (Å²) >= 11 is 7.33. The molecule has 1 N–H and O–H groups in total. The minimum atomic E-state index is -0.841. The highest BCUT2D eigenvalue weighted by Crippen LogP contribution is 2.41. The summed E-state index contributed by atoms with van der Waals surface area (Å²) in [6, 6.07) is 14.3. The van der Waals surface area contributed by atoms with Gasteiger partial charge in [0.25, 0.3) is 5.91 Å². The summed E-state index contributed by atoms with van der Waals surface area (Å²) in [6.07, 6.45) is -0.841. The fraction of sp³-hybridized carbons (Fsp3) is 0.217. The number of para-hydroxylation sites is 2. The highest BCUT2D eigenvalue weighted by molar-refractivity contribution is 7.17. The number of esters is 1. The number of hydrogen-bond acceptors (Lipinski definition) is 6. The molecular formula is C23H20ClNO5S. The third-order valence-electron chi connectivity index (χ3n) is 4.73. The van der Waals surface area contributed by atoms with Crippen LogP contribution in [0, 0.1) is 6.92 Å². The van der Waals surface area contributed by atoms with Gasteiger partial charge in [0.1, 0.15) is 17.2 Å². The number of ether oxygens (including phenoxy) is 3. The van der Waals surface area contributed by atoms with Crippen molar-refractivity contribution in [1.82, 2.24) is 0 Å². The molecule has 1 aliphatic rings. The fourth-order valence-corrected chi connectivity index (χ4v) is 4.53. The Morgan fingerprint density at radius 1 is 1.16 bits per heavy atom. The van der Waals surface area contributed by atoms with Gasteiger partial charge in [0.2, 0.25) is 6.10 Å². The van der Waals surface area contributed by atoms with Crippen molar-refractivity contribution in [2.24, 2.45) is 0 Å². The zero-order valence-electron chi connectivity index (χ0n) is 16.9. The van der Waals surface area contributed by atoms with Crippen LogP contribution in [0.3, 0.4) is 0 Å². The van der Waals surface area contributed by atoms with Crippen LogP contribution in [0.2, 0.25) is 5.02 Å². The van der Waals surface area contributed by atoms with E-state index < -0.39 is 18.0 Å². The molecule has 1 amide bonds. The van der Waals surface area contributed by atoms with Crippen molar-refractivity contribution in [1.29, 1.82) is 0 Å². The number of halogens is 1. The van der Waals surface area contributed by atoms with Crippen molar-refractivity contribution in [2.45, 2.75) is 20.0 Å². The van der Waals surface area contributed by atoms with Crippen LogP contribution in [-0.4, -0.2) is 31.2 Å². The summed E-state index contributed by atoms with van der Waals surface area (Å²) < 4.78 is 16.7. The molecule has 0 saturated carbocycles. The lowest BCUT2D eigenvalue weighted by Crippen LogP contribution is -2.40. The smallest absolute Gasteiger partial charge is 0.341 e. The molecule has 160 valence electrons. The number of nitrogens with one attached hydrogen (secondary N) is 1. The Morgan fingerprint density at radius 3 is 2.58 bits per heavy atom. The van der Waals surface area contributed by atoms with Crippen molar-refractivity contribution < 1.29 is 23.8 Å². The number of carbonyl (C=O) groups excluding carboxylic acids is 2. The van der Waals surface area contributed by atoms with Crippen LogP contribution in [0.25, 0.3) is 11.1 Å². The number of carbonyl (C=O) groups is 2. The van der Waals surface area contributed by atoms with E-state index in [0.29, 0.717) is 32.6 Å². The van der Waals surface area contributed by atoms with Gasteiger partial charge in [-0.25, -0.2) is 4.79 Å². The van der Waals surface area contributed by atoms with Crippen LogP contribution in [0.5, 0.6) is 11.5 Å². The zero-order chi connectivity index (χ0) is 22.0.